The van der Waals surface area contributed by atoms with Gasteiger partial charge >= 0.3 is 5.97 Å². The van der Waals surface area contributed by atoms with Crippen LogP contribution in [0.3, 0.4) is 0 Å². The largest absolute Gasteiger partial charge is 0.493 e. The highest BCUT2D eigenvalue weighted by Crippen LogP contribution is 2.27. The van der Waals surface area contributed by atoms with Gasteiger partial charge in [0.15, 0.2) is 11.5 Å². The molecule has 2 rings (SSSR count). The first-order valence-corrected chi connectivity index (χ1v) is 7.78. The van der Waals surface area contributed by atoms with Gasteiger partial charge in [-0.05, 0) is 30.2 Å². The van der Waals surface area contributed by atoms with Crippen LogP contribution in [0.1, 0.15) is 22.5 Å². The van der Waals surface area contributed by atoms with Gasteiger partial charge in [0.2, 0.25) is 0 Å². The summed E-state index contributed by atoms with van der Waals surface area (Å²) in [5, 5.41) is 15.5. The lowest BCUT2D eigenvalue weighted by Crippen LogP contribution is -2.28. The molecule has 0 spiro atoms. The van der Waals surface area contributed by atoms with Crippen molar-refractivity contribution in [2.24, 2.45) is 0 Å². The number of carbonyl (C=O) groups is 2. The van der Waals surface area contributed by atoms with Crippen LogP contribution < -0.4 is 14.8 Å². The predicted octanol–water partition coefficient (Wildman–Crippen LogP) is 1.35. The Hall–Kier alpha value is -3.03. The summed E-state index contributed by atoms with van der Waals surface area (Å²) in [6.45, 7) is 0.583. The smallest absolute Gasteiger partial charge is 0.305 e. The van der Waals surface area contributed by atoms with Gasteiger partial charge in [0.05, 0.1) is 27.2 Å². The summed E-state index contributed by atoms with van der Waals surface area (Å²) in [6.07, 6.45) is 2.01. The number of hydrogen-bond donors (Lipinski definition) is 2. The molecule has 0 saturated heterocycles. The second kappa shape index (κ2) is 8.72. The molecule has 8 nitrogen and oxygen atoms in total. The molecule has 25 heavy (non-hydrogen) atoms. The number of rotatable bonds is 9. The molecule has 2 N–H and O–H groups in total. The fourth-order valence-corrected chi connectivity index (χ4v) is 2.35. The van der Waals surface area contributed by atoms with Gasteiger partial charge in [-0.25, -0.2) is 0 Å². The second-order valence-electron chi connectivity index (χ2n) is 5.28. The van der Waals surface area contributed by atoms with E-state index >= 15 is 0 Å². The lowest BCUT2D eigenvalue weighted by molar-refractivity contribution is -0.137. The molecule has 1 amide bonds. The highest BCUT2D eigenvalue weighted by atomic mass is 16.5. The molecule has 1 heterocycles. The summed E-state index contributed by atoms with van der Waals surface area (Å²) >= 11 is 0. The SMILES string of the molecule is COc1ccc(CCNC(=O)c2ccnn2CCC(=O)O)cc1OC. The van der Waals surface area contributed by atoms with Gasteiger partial charge in [-0.1, -0.05) is 6.07 Å². The zero-order valence-corrected chi connectivity index (χ0v) is 14.2. The Morgan fingerprint density at radius 2 is 1.96 bits per heavy atom. The van der Waals surface area contributed by atoms with E-state index in [2.05, 4.69) is 10.4 Å². The number of carboxylic acid groups (broad SMARTS) is 1. The number of carbonyl (C=O) groups excluding carboxylic acids is 1. The van der Waals surface area contributed by atoms with Gasteiger partial charge < -0.3 is 19.9 Å². The number of methoxy groups -OCH3 is 2. The van der Waals surface area contributed by atoms with Crippen LogP contribution in [0.25, 0.3) is 0 Å². The average molecular weight is 347 g/mol. The summed E-state index contributed by atoms with van der Waals surface area (Å²) in [7, 11) is 3.15. The van der Waals surface area contributed by atoms with Gasteiger partial charge in [0.1, 0.15) is 5.69 Å². The monoisotopic (exact) mass is 347 g/mol. The van der Waals surface area contributed by atoms with Crippen molar-refractivity contribution < 1.29 is 24.2 Å². The number of hydrogen-bond acceptors (Lipinski definition) is 5. The van der Waals surface area contributed by atoms with Crippen LogP contribution >= 0.6 is 0 Å². The number of nitrogens with zero attached hydrogens (tertiary/aromatic N) is 2. The van der Waals surface area contributed by atoms with E-state index in [9.17, 15) is 9.59 Å². The normalized spacial score (nSPS) is 10.3. The summed E-state index contributed by atoms with van der Waals surface area (Å²) in [5.74, 6) is 0.0642. The fraction of sp³-hybridized carbons (Fsp3) is 0.353. The molecular weight excluding hydrogens is 326 g/mol. The molecule has 134 valence electrons. The number of aliphatic carboxylic acids is 1. The van der Waals surface area contributed by atoms with Crippen molar-refractivity contribution >= 4 is 11.9 Å². The number of nitrogens with one attached hydrogen (secondary N) is 1. The summed E-state index contributed by atoms with van der Waals surface area (Å²) in [4.78, 5) is 22.9. The van der Waals surface area contributed by atoms with Gasteiger partial charge in [-0.2, -0.15) is 5.10 Å². The number of benzene rings is 1. The third-order valence-electron chi connectivity index (χ3n) is 3.63. The van der Waals surface area contributed by atoms with Gasteiger partial charge in [-0.15, -0.1) is 0 Å². The number of aromatic nitrogens is 2. The third-order valence-corrected chi connectivity index (χ3v) is 3.63. The lowest BCUT2D eigenvalue weighted by atomic mass is 10.1. The van der Waals surface area contributed by atoms with Crippen LogP contribution in [0.4, 0.5) is 0 Å². The first-order valence-electron chi connectivity index (χ1n) is 7.78. The average Bonchev–Trinajstić information content (AvgIpc) is 3.08. The maximum Gasteiger partial charge on any atom is 0.305 e. The number of carboxylic acids is 1. The molecule has 0 fully saturated rings. The second-order valence-corrected chi connectivity index (χ2v) is 5.28. The van der Waals surface area contributed by atoms with Crippen molar-refractivity contribution in [2.75, 3.05) is 20.8 Å². The Morgan fingerprint density at radius 1 is 1.20 bits per heavy atom. The fourth-order valence-electron chi connectivity index (χ4n) is 2.35. The quantitative estimate of drug-likeness (QED) is 0.710. The maximum atomic E-state index is 12.2. The van der Waals surface area contributed by atoms with Crippen LogP contribution in [0.15, 0.2) is 30.5 Å². The van der Waals surface area contributed by atoms with Crippen LogP contribution in [0, 0.1) is 0 Å². The summed E-state index contributed by atoms with van der Waals surface area (Å²) < 4.78 is 11.8. The maximum absolute atomic E-state index is 12.2. The first-order chi connectivity index (χ1) is 12.0. The minimum absolute atomic E-state index is 0.0897. The van der Waals surface area contributed by atoms with Crippen molar-refractivity contribution in [3.8, 4) is 11.5 Å². The Labute approximate surface area is 145 Å². The summed E-state index contributed by atoms with van der Waals surface area (Å²) in [6, 6.07) is 7.15. The number of ether oxygens (including phenoxy) is 2. The van der Waals surface area contributed by atoms with E-state index < -0.39 is 5.97 Å². The molecule has 1 aromatic carbocycles. The number of aryl methyl sites for hydroxylation is 1. The van der Waals surface area contributed by atoms with Crippen LogP contribution in [-0.2, 0) is 17.8 Å². The topological polar surface area (TPSA) is 103 Å². The van der Waals surface area contributed by atoms with E-state index in [1.165, 1.54) is 10.9 Å². The molecule has 1 aromatic heterocycles. The Morgan fingerprint density at radius 3 is 2.64 bits per heavy atom. The van der Waals surface area contributed by atoms with Gasteiger partial charge in [0.25, 0.3) is 5.91 Å². The standard InChI is InChI=1S/C17H21N3O5/c1-24-14-4-3-12(11-15(14)25-2)5-8-18-17(23)13-6-9-19-20(13)10-7-16(21)22/h3-4,6,9,11H,5,7-8,10H2,1-2H3,(H,18,23)(H,21,22). The number of amides is 1. The molecule has 0 aliphatic carbocycles. The van der Waals surface area contributed by atoms with E-state index in [1.807, 2.05) is 18.2 Å². The van der Waals surface area contributed by atoms with Crippen LogP contribution in [-0.4, -0.2) is 47.5 Å². The molecule has 0 aliphatic heterocycles. The van der Waals surface area contributed by atoms with E-state index in [-0.39, 0.29) is 18.9 Å². The highest BCUT2D eigenvalue weighted by molar-refractivity contribution is 5.92. The minimum atomic E-state index is -0.935. The van der Waals surface area contributed by atoms with Crippen molar-refractivity contribution in [3.05, 3.63) is 41.7 Å². The van der Waals surface area contributed by atoms with E-state index in [0.29, 0.717) is 30.2 Å². The molecule has 8 heteroatoms. The molecular formula is C17H21N3O5. The van der Waals surface area contributed by atoms with Gasteiger partial charge in [-0.3, -0.25) is 14.3 Å². The molecule has 0 saturated carbocycles. The molecule has 2 aromatic rings. The van der Waals surface area contributed by atoms with Crippen LogP contribution in [0.2, 0.25) is 0 Å². The van der Waals surface area contributed by atoms with Crippen molar-refractivity contribution in [1.29, 1.82) is 0 Å². The predicted molar refractivity (Wildman–Crippen MR) is 90.1 cm³/mol. The Bertz CT molecular complexity index is 742. The Kier molecular flexibility index (Phi) is 6.39. The zero-order valence-electron chi connectivity index (χ0n) is 14.2. The minimum Gasteiger partial charge on any atom is -0.493 e. The van der Waals surface area contributed by atoms with Crippen molar-refractivity contribution in [2.45, 2.75) is 19.4 Å². The zero-order chi connectivity index (χ0) is 18.2. The lowest BCUT2D eigenvalue weighted by Gasteiger charge is -2.10. The molecule has 0 unspecified atom stereocenters. The van der Waals surface area contributed by atoms with E-state index in [1.54, 1.807) is 20.3 Å². The van der Waals surface area contributed by atoms with Gasteiger partial charge in [0, 0.05) is 12.7 Å². The third kappa shape index (κ3) is 4.97. The molecule has 0 atom stereocenters. The van der Waals surface area contributed by atoms with Crippen molar-refractivity contribution in [3.63, 3.8) is 0 Å². The van der Waals surface area contributed by atoms with E-state index in [4.69, 9.17) is 14.6 Å². The highest BCUT2D eigenvalue weighted by Gasteiger charge is 2.12. The van der Waals surface area contributed by atoms with Crippen molar-refractivity contribution in [1.82, 2.24) is 15.1 Å². The molecule has 0 radical (unpaired) electrons. The molecule has 0 aliphatic rings. The Balaban J connectivity index is 1.91. The first kappa shape index (κ1) is 18.3. The van der Waals surface area contributed by atoms with E-state index in [0.717, 1.165) is 5.56 Å². The summed E-state index contributed by atoms with van der Waals surface area (Å²) in [5.41, 5.74) is 1.34. The van der Waals surface area contributed by atoms with Crippen LogP contribution in [0.5, 0.6) is 11.5 Å². The molecule has 0 bridgehead atoms.